The van der Waals surface area contributed by atoms with Crippen molar-refractivity contribution in [2.75, 3.05) is 0 Å². The molecule has 0 amide bonds. The molecule has 1 aliphatic rings. The number of hydrogen-bond donors (Lipinski definition) is 0. The number of ketones is 1. The highest BCUT2D eigenvalue weighted by Crippen LogP contribution is 2.37. The minimum absolute atomic E-state index is 0.214. The second-order valence-electron chi connectivity index (χ2n) is 8.91. The lowest BCUT2D eigenvalue weighted by molar-refractivity contribution is 0.0983. The van der Waals surface area contributed by atoms with E-state index in [9.17, 15) is 4.79 Å². The van der Waals surface area contributed by atoms with E-state index < -0.39 is 8.32 Å². The first-order chi connectivity index (χ1) is 11.6. The van der Waals surface area contributed by atoms with Crippen molar-refractivity contribution in [1.82, 2.24) is 4.57 Å². The van der Waals surface area contributed by atoms with Gasteiger partial charge in [0.05, 0.1) is 6.61 Å². The van der Waals surface area contributed by atoms with E-state index >= 15 is 0 Å². The molecule has 0 radical (unpaired) electrons. The number of aromatic nitrogens is 1. The maximum Gasteiger partial charge on any atom is 0.192 e. The summed E-state index contributed by atoms with van der Waals surface area (Å²) in [7, 11) is 0.339. The topological polar surface area (TPSA) is 31.2 Å². The van der Waals surface area contributed by atoms with Crippen molar-refractivity contribution in [3.8, 4) is 0 Å². The van der Waals surface area contributed by atoms with E-state index in [4.69, 9.17) is 4.43 Å². The van der Waals surface area contributed by atoms with Crippen molar-refractivity contribution in [2.24, 2.45) is 7.05 Å². The Morgan fingerprint density at radius 1 is 1.16 bits per heavy atom. The van der Waals surface area contributed by atoms with Crippen LogP contribution in [0.5, 0.6) is 0 Å². The molecule has 0 atom stereocenters. The van der Waals surface area contributed by atoms with Crippen LogP contribution >= 0.6 is 0 Å². The van der Waals surface area contributed by atoms with E-state index in [1.54, 1.807) is 0 Å². The van der Waals surface area contributed by atoms with E-state index in [1.807, 2.05) is 0 Å². The fourth-order valence-electron chi connectivity index (χ4n) is 3.41. The van der Waals surface area contributed by atoms with Crippen molar-refractivity contribution < 1.29 is 9.22 Å². The predicted molar refractivity (Wildman–Crippen MR) is 107 cm³/mol. The number of rotatable bonds is 3. The van der Waals surface area contributed by atoms with Crippen LogP contribution in [0.2, 0.25) is 18.1 Å². The third kappa shape index (κ3) is 3.34. The van der Waals surface area contributed by atoms with E-state index in [0.29, 0.717) is 18.8 Å². The Morgan fingerprint density at radius 3 is 2.52 bits per heavy atom. The summed E-state index contributed by atoms with van der Waals surface area (Å²) >= 11 is 0. The zero-order chi connectivity index (χ0) is 18.4. The molecule has 1 aromatic carbocycles. The molecule has 2 aromatic rings. The molecule has 3 rings (SSSR count). The first-order valence-electron chi connectivity index (χ1n) is 9.39. The van der Waals surface area contributed by atoms with E-state index in [-0.39, 0.29) is 5.04 Å². The number of nitrogens with zero attached hydrogens (tertiary/aromatic N) is 1. The fourth-order valence-corrected chi connectivity index (χ4v) is 4.37. The van der Waals surface area contributed by atoms with Gasteiger partial charge in [0.2, 0.25) is 0 Å². The summed E-state index contributed by atoms with van der Waals surface area (Å²) in [6, 6.07) is 6.47. The number of hydrogen-bond acceptors (Lipinski definition) is 2. The molecule has 0 aliphatic heterocycles. The molecule has 0 bridgehead atoms. The summed E-state index contributed by atoms with van der Waals surface area (Å²) < 4.78 is 8.60. The standard InChI is InChI=1S/C21H31NO2Si/c1-21(2,3)25(5,6)24-14-15-11-12-16-18(13-15)22(4)17-9-7-8-10-19(23)20(16)17/h11-13H,7-10,14H2,1-6H3. The van der Waals surface area contributed by atoms with Crippen molar-refractivity contribution in [1.29, 1.82) is 0 Å². The first kappa shape index (κ1) is 18.4. The van der Waals surface area contributed by atoms with Gasteiger partial charge in [-0.25, -0.2) is 0 Å². The van der Waals surface area contributed by atoms with Gasteiger partial charge in [0, 0.05) is 35.6 Å². The van der Waals surface area contributed by atoms with Crippen LogP contribution in [0.15, 0.2) is 18.2 Å². The van der Waals surface area contributed by atoms with Gasteiger partial charge in [-0.2, -0.15) is 0 Å². The molecule has 0 N–H and O–H groups in total. The SMILES string of the molecule is Cn1c2c(c3ccc(CO[Si](C)(C)C(C)(C)C)cc31)C(=O)CCCC2. The Kier molecular flexibility index (Phi) is 4.71. The molecular weight excluding hydrogens is 326 g/mol. The summed E-state index contributed by atoms with van der Waals surface area (Å²) in [4.78, 5) is 12.6. The lowest BCUT2D eigenvalue weighted by atomic mass is 10.0. The highest BCUT2D eigenvalue weighted by atomic mass is 28.4. The Hall–Kier alpha value is -1.39. The molecule has 1 aromatic heterocycles. The van der Waals surface area contributed by atoms with Crippen LogP contribution in [0.4, 0.5) is 0 Å². The minimum Gasteiger partial charge on any atom is -0.413 e. The highest BCUT2D eigenvalue weighted by Gasteiger charge is 2.37. The largest absolute Gasteiger partial charge is 0.413 e. The van der Waals surface area contributed by atoms with Gasteiger partial charge in [-0.05, 0) is 49.0 Å². The molecule has 0 fully saturated rings. The lowest BCUT2D eigenvalue weighted by Gasteiger charge is -2.36. The van der Waals surface area contributed by atoms with Gasteiger partial charge in [-0.1, -0.05) is 32.9 Å². The van der Waals surface area contributed by atoms with Gasteiger partial charge >= 0.3 is 0 Å². The van der Waals surface area contributed by atoms with Crippen LogP contribution in [0.1, 0.15) is 61.6 Å². The lowest BCUT2D eigenvalue weighted by Crippen LogP contribution is -2.40. The van der Waals surface area contributed by atoms with Crippen molar-refractivity contribution in [3.05, 3.63) is 35.0 Å². The Morgan fingerprint density at radius 2 is 1.84 bits per heavy atom. The molecule has 0 spiro atoms. The molecule has 4 heteroatoms. The third-order valence-corrected chi connectivity index (χ3v) is 10.6. The van der Waals surface area contributed by atoms with E-state index in [0.717, 1.165) is 35.7 Å². The number of aryl methyl sites for hydroxylation is 1. The number of carbonyl (C=O) groups excluding carboxylic acids is 1. The average Bonchev–Trinajstić information content (AvgIpc) is 2.67. The minimum atomic E-state index is -1.76. The van der Waals surface area contributed by atoms with Crippen LogP contribution in [0, 0.1) is 0 Å². The molecule has 0 saturated carbocycles. The number of benzene rings is 1. The summed E-state index contributed by atoms with van der Waals surface area (Å²) in [5.74, 6) is 0.309. The van der Waals surface area contributed by atoms with E-state index in [2.05, 4.69) is 63.7 Å². The number of fused-ring (bicyclic) bond motifs is 3. The Labute approximate surface area is 152 Å². The van der Waals surface area contributed by atoms with Gasteiger partial charge in [0.15, 0.2) is 14.1 Å². The smallest absolute Gasteiger partial charge is 0.192 e. The van der Waals surface area contributed by atoms with Crippen LogP contribution in [0.25, 0.3) is 10.9 Å². The van der Waals surface area contributed by atoms with Crippen LogP contribution in [0.3, 0.4) is 0 Å². The molecule has 3 nitrogen and oxygen atoms in total. The van der Waals surface area contributed by atoms with Gasteiger partial charge in [0.25, 0.3) is 0 Å². The normalized spacial score (nSPS) is 16.2. The maximum atomic E-state index is 12.6. The fraction of sp³-hybridized carbons (Fsp3) is 0.571. The van der Waals surface area contributed by atoms with Crippen molar-refractivity contribution in [2.45, 2.75) is 71.2 Å². The first-order valence-corrected chi connectivity index (χ1v) is 12.3. The zero-order valence-electron chi connectivity index (χ0n) is 16.5. The quantitative estimate of drug-likeness (QED) is 0.528. The van der Waals surface area contributed by atoms with Crippen LogP contribution in [-0.2, 0) is 24.5 Å². The average molecular weight is 358 g/mol. The molecule has 136 valence electrons. The Balaban J connectivity index is 1.94. The van der Waals surface area contributed by atoms with Crippen molar-refractivity contribution >= 4 is 25.0 Å². The molecule has 0 unspecified atom stereocenters. The highest BCUT2D eigenvalue weighted by molar-refractivity contribution is 6.74. The zero-order valence-corrected chi connectivity index (χ0v) is 17.5. The second kappa shape index (κ2) is 6.40. The summed E-state index contributed by atoms with van der Waals surface area (Å²) in [5.41, 5.74) is 4.53. The van der Waals surface area contributed by atoms with Gasteiger partial charge < -0.3 is 8.99 Å². The third-order valence-electron chi connectivity index (χ3n) is 6.14. The number of carbonyl (C=O) groups is 1. The van der Waals surface area contributed by atoms with Crippen LogP contribution < -0.4 is 0 Å². The monoisotopic (exact) mass is 357 g/mol. The summed E-state index contributed by atoms with van der Waals surface area (Å²) in [5, 5.41) is 1.33. The predicted octanol–water partition coefficient (Wildman–Crippen LogP) is 5.61. The van der Waals surface area contributed by atoms with Gasteiger partial charge in [-0.3, -0.25) is 4.79 Å². The Bertz CT molecular complexity index is 811. The molecule has 25 heavy (non-hydrogen) atoms. The molecule has 0 saturated heterocycles. The molecule has 1 aliphatic carbocycles. The van der Waals surface area contributed by atoms with Gasteiger partial charge in [-0.15, -0.1) is 0 Å². The summed E-state index contributed by atoms with van der Waals surface area (Å²) in [6.45, 7) is 12.0. The van der Waals surface area contributed by atoms with Gasteiger partial charge in [0.1, 0.15) is 0 Å². The molecule has 1 heterocycles. The second-order valence-corrected chi connectivity index (χ2v) is 13.7. The number of Topliss-reactive ketones (excluding diaryl/α,β-unsaturated/α-hetero) is 1. The van der Waals surface area contributed by atoms with Crippen LogP contribution in [-0.4, -0.2) is 18.7 Å². The van der Waals surface area contributed by atoms with E-state index in [1.165, 1.54) is 11.3 Å². The maximum absolute atomic E-state index is 12.6. The summed E-state index contributed by atoms with van der Waals surface area (Å²) in [6.07, 6.45) is 3.79. The molecular formula is C21H31NO2Si. The van der Waals surface area contributed by atoms with Crippen molar-refractivity contribution in [3.63, 3.8) is 0 Å².